The minimum Gasteiger partial charge on any atom is -0.355 e. The Labute approximate surface area is 165 Å². The van der Waals surface area contributed by atoms with Crippen molar-refractivity contribution < 1.29 is 9.18 Å². The van der Waals surface area contributed by atoms with Crippen molar-refractivity contribution in [1.29, 1.82) is 0 Å². The molecule has 0 spiro atoms. The summed E-state index contributed by atoms with van der Waals surface area (Å²) in [5, 5.41) is 10.9. The lowest BCUT2D eigenvalue weighted by molar-refractivity contribution is -0.125. The summed E-state index contributed by atoms with van der Waals surface area (Å²) in [5.74, 6) is -0.0408. The molecule has 2 atom stereocenters. The fourth-order valence-corrected chi connectivity index (χ4v) is 4.92. The van der Waals surface area contributed by atoms with Crippen LogP contribution in [0.1, 0.15) is 49.1 Å². The fraction of sp³-hybridized carbons (Fsp3) is 0.545. The molecule has 1 amide bonds. The lowest BCUT2D eigenvalue weighted by Crippen LogP contribution is -2.45. The Bertz CT molecular complexity index is 810. The lowest BCUT2D eigenvalue weighted by Gasteiger charge is -2.38. The number of nitrogens with zero attached hydrogens (tertiary/aromatic N) is 2. The number of aromatic nitrogens is 2. The van der Waals surface area contributed by atoms with Gasteiger partial charge in [-0.3, -0.25) is 9.48 Å². The first-order valence-electron chi connectivity index (χ1n) is 10.3. The molecule has 4 rings (SSSR count). The van der Waals surface area contributed by atoms with Gasteiger partial charge in [-0.05, 0) is 36.1 Å². The van der Waals surface area contributed by atoms with Crippen LogP contribution in [0.5, 0.6) is 0 Å². The summed E-state index contributed by atoms with van der Waals surface area (Å²) < 4.78 is 15.2. The third-order valence-electron chi connectivity index (χ3n) is 6.57. The first-order valence-corrected chi connectivity index (χ1v) is 10.3. The van der Waals surface area contributed by atoms with Gasteiger partial charge in [0.05, 0.1) is 12.1 Å². The molecule has 5 nitrogen and oxygen atoms in total. The second kappa shape index (κ2) is 8.03. The first kappa shape index (κ1) is 19.1. The second-order valence-corrected chi connectivity index (χ2v) is 8.38. The Hall–Kier alpha value is -2.21. The van der Waals surface area contributed by atoms with Gasteiger partial charge in [-0.1, -0.05) is 31.4 Å². The van der Waals surface area contributed by atoms with Crippen molar-refractivity contribution in [3.05, 3.63) is 53.6 Å². The predicted molar refractivity (Wildman–Crippen MR) is 106 cm³/mol. The molecule has 0 radical (unpaired) electrons. The van der Waals surface area contributed by atoms with Crippen LogP contribution in [0.2, 0.25) is 0 Å². The highest BCUT2D eigenvalue weighted by atomic mass is 19.1. The molecule has 2 N–H and O–H groups in total. The van der Waals surface area contributed by atoms with Crippen LogP contribution in [-0.2, 0) is 17.3 Å². The number of carbonyl (C=O) groups excluding carboxylic acids is 1. The number of hydrogen-bond donors (Lipinski definition) is 2. The van der Waals surface area contributed by atoms with E-state index in [9.17, 15) is 9.18 Å². The topological polar surface area (TPSA) is 59.0 Å². The molecule has 2 fully saturated rings. The largest absolute Gasteiger partial charge is 0.355 e. The molecule has 1 aromatic heterocycles. The van der Waals surface area contributed by atoms with E-state index >= 15 is 0 Å². The Morgan fingerprint density at radius 1 is 1.25 bits per heavy atom. The summed E-state index contributed by atoms with van der Waals surface area (Å²) in [6, 6.07) is 6.85. The van der Waals surface area contributed by atoms with Gasteiger partial charge in [0, 0.05) is 44.2 Å². The van der Waals surface area contributed by atoms with Crippen molar-refractivity contribution in [1.82, 2.24) is 20.4 Å². The van der Waals surface area contributed by atoms with Gasteiger partial charge in [0.2, 0.25) is 5.91 Å². The zero-order valence-corrected chi connectivity index (χ0v) is 16.5. The third kappa shape index (κ3) is 3.83. The second-order valence-electron chi connectivity index (χ2n) is 8.38. The number of amides is 1. The maximum atomic E-state index is 13.4. The number of aryl methyl sites for hydroxylation is 1. The fourth-order valence-electron chi connectivity index (χ4n) is 4.92. The van der Waals surface area contributed by atoms with Crippen LogP contribution in [0.4, 0.5) is 4.39 Å². The molecule has 0 unspecified atom stereocenters. The van der Waals surface area contributed by atoms with Gasteiger partial charge in [-0.25, -0.2) is 4.39 Å². The molecule has 28 heavy (non-hydrogen) atoms. The number of rotatable bonds is 5. The monoisotopic (exact) mass is 384 g/mol. The Balaban J connectivity index is 1.47. The molecule has 1 aliphatic carbocycles. The van der Waals surface area contributed by atoms with Crippen LogP contribution in [0.15, 0.2) is 36.7 Å². The van der Waals surface area contributed by atoms with E-state index in [-0.39, 0.29) is 29.0 Å². The number of carbonyl (C=O) groups is 1. The lowest BCUT2D eigenvalue weighted by atomic mass is 9.69. The van der Waals surface area contributed by atoms with E-state index in [0.717, 1.165) is 43.4 Å². The Kier molecular flexibility index (Phi) is 5.49. The summed E-state index contributed by atoms with van der Waals surface area (Å²) in [6.45, 7) is 2.11. The highest BCUT2D eigenvalue weighted by Gasteiger charge is 2.38. The summed E-state index contributed by atoms with van der Waals surface area (Å²) >= 11 is 0. The van der Waals surface area contributed by atoms with Gasteiger partial charge >= 0.3 is 0 Å². The average molecular weight is 384 g/mol. The van der Waals surface area contributed by atoms with Crippen LogP contribution >= 0.6 is 0 Å². The molecule has 2 aromatic rings. The van der Waals surface area contributed by atoms with Gasteiger partial charge in [-0.2, -0.15) is 5.10 Å². The van der Waals surface area contributed by atoms with Gasteiger partial charge in [0.15, 0.2) is 0 Å². The van der Waals surface area contributed by atoms with E-state index in [2.05, 4.69) is 15.7 Å². The van der Waals surface area contributed by atoms with Crippen LogP contribution in [-0.4, -0.2) is 35.3 Å². The molecule has 0 bridgehead atoms. The number of halogens is 1. The normalized spacial score (nSPS) is 24.2. The minimum atomic E-state index is -0.213. The quantitative estimate of drug-likeness (QED) is 0.833. The molecule has 1 saturated carbocycles. The van der Waals surface area contributed by atoms with E-state index in [4.69, 9.17) is 0 Å². The van der Waals surface area contributed by atoms with E-state index in [1.807, 2.05) is 31.6 Å². The van der Waals surface area contributed by atoms with Crippen molar-refractivity contribution in [2.45, 2.75) is 43.4 Å². The smallest absolute Gasteiger partial charge is 0.225 e. The Morgan fingerprint density at radius 3 is 2.68 bits per heavy atom. The zero-order chi connectivity index (χ0) is 19.6. The van der Waals surface area contributed by atoms with E-state index < -0.39 is 0 Å². The maximum Gasteiger partial charge on any atom is 0.225 e. The summed E-state index contributed by atoms with van der Waals surface area (Å²) in [5.41, 5.74) is 2.16. The zero-order valence-electron chi connectivity index (χ0n) is 16.5. The average Bonchev–Trinajstić information content (AvgIpc) is 3.36. The number of hydrogen-bond acceptors (Lipinski definition) is 3. The van der Waals surface area contributed by atoms with Crippen molar-refractivity contribution >= 4 is 5.91 Å². The van der Waals surface area contributed by atoms with Crippen LogP contribution in [0, 0.1) is 11.7 Å². The summed E-state index contributed by atoms with van der Waals surface area (Å²) in [4.78, 5) is 13.1. The molecule has 6 heteroatoms. The number of nitrogens with one attached hydrogen (secondary N) is 2. The Morgan fingerprint density at radius 2 is 2.00 bits per heavy atom. The molecular weight excluding hydrogens is 355 g/mol. The summed E-state index contributed by atoms with van der Waals surface area (Å²) in [7, 11) is 1.90. The summed E-state index contributed by atoms with van der Waals surface area (Å²) in [6.07, 6.45) is 9.46. The molecule has 1 saturated heterocycles. The van der Waals surface area contributed by atoms with E-state index in [1.54, 1.807) is 4.68 Å². The van der Waals surface area contributed by atoms with Crippen LogP contribution in [0.25, 0.3) is 0 Å². The van der Waals surface area contributed by atoms with Crippen molar-refractivity contribution in [3.63, 3.8) is 0 Å². The van der Waals surface area contributed by atoms with Gasteiger partial charge < -0.3 is 10.6 Å². The molecule has 1 aromatic carbocycles. The highest BCUT2D eigenvalue weighted by Crippen LogP contribution is 2.39. The third-order valence-corrected chi connectivity index (χ3v) is 6.57. The minimum absolute atomic E-state index is 0.0851. The molecule has 2 heterocycles. The van der Waals surface area contributed by atoms with Gasteiger partial charge in [-0.15, -0.1) is 0 Å². The number of benzene rings is 1. The SMILES string of the molecule is Cn1cc([C@H]2CNC[C@@H]2C(=O)NCC2(c3ccc(F)cc3)CCCCC2)cn1. The highest BCUT2D eigenvalue weighted by molar-refractivity contribution is 5.80. The maximum absolute atomic E-state index is 13.4. The van der Waals surface area contributed by atoms with Gasteiger partial charge in [0.25, 0.3) is 0 Å². The van der Waals surface area contributed by atoms with Gasteiger partial charge in [0.1, 0.15) is 5.82 Å². The first-order chi connectivity index (χ1) is 13.6. The molecule has 2 aliphatic rings. The standard InChI is InChI=1S/C22H29FN4O/c1-27-14-16(11-26-27)19-12-24-13-20(19)21(28)25-15-22(9-3-2-4-10-22)17-5-7-18(23)8-6-17/h5-8,11,14,19-20,24H,2-4,9-10,12-13,15H2,1H3,(H,25,28)/t19-,20+/m1/s1. The van der Waals surface area contributed by atoms with Crippen molar-refractivity contribution in [3.8, 4) is 0 Å². The molecular formula is C22H29FN4O. The van der Waals surface area contributed by atoms with Crippen molar-refractivity contribution in [2.75, 3.05) is 19.6 Å². The molecule has 1 aliphatic heterocycles. The van der Waals surface area contributed by atoms with E-state index in [0.29, 0.717) is 13.1 Å². The van der Waals surface area contributed by atoms with Crippen LogP contribution < -0.4 is 10.6 Å². The molecule has 150 valence electrons. The van der Waals surface area contributed by atoms with Crippen LogP contribution in [0.3, 0.4) is 0 Å². The van der Waals surface area contributed by atoms with E-state index in [1.165, 1.54) is 18.6 Å². The predicted octanol–water partition coefficient (Wildman–Crippen LogP) is 2.88. The van der Waals surface area contributed by atoms with Crippen molar-refractivity contribution in [2.24, 2.45) is 13.0 Å².